The lowest BCUT2D eigenvalue weighted by atomic mass is 10.4. The van der Waals surface area contributed by atoms with Crippen molar-refractivity contribution in [3.05, 3.63) is 25.7 Å². The third-order valence-corrected chi connectivity index (χ3v) is 4.80. The minimum Gasteiger partial charge on any atom is -0.383 e. The minimum absolute atomic E-state index is 0.237. The number of hydrogen-bond acceptors (Lipinski definition) is 5. The third-order valence-electron chi connectivity index (χ3n) is 2.25. The molecular weight excluding hydrogens is 338 g/mol. The molecule has 18 heavy (non-hydrogen) atoms. The van der Waals surface area contributed by atoms with Gasteiger partial charge in [0.15, 0.2) is 0 Å². The summed E-state index contributed by atoms with van der Waals surface area (Å²) < 4.78 is 5.85. The zero-order valence-corrected chi connectivity index (χ0v) is 12.7. The van der Waals surface area contributed by atoms with Crippen LogP contribution in [0.2, 0.25) is 0 Å². The van der Waals surface area contributed by atoms with Crippen molar-refractivity contribution < 1.29 is 14.3 Å². The lowest BCUT2D eigenvalue weighted by Crippen LogP contribution is -2.31. The number of carbonyl (C=O) groups is 2. The number of thioether (sulfide) groups is 1. The Kier molecular flexibility index (Phi) is 4.60. The van der Waals surface area contributed by atoms with Crippen LogP contribution in [0.3, 0.4) is 0 Å². The molecule has 1 aliphatic rings. The average molecular weight is 348 g/mol. The highest BCUT2D eigenvalue weighted by molar-refractivity contribution is 9.10. The summed E-state index contributed by atoms with van der Waals surface area (Å²) in [4.78, 5) is 26.3. The molecule has 0 unspecified atom stereocenters. The molecule has 1 aromatic heterocycles. The van der Waals surface area contributed by atoms with Crippen molar-refractivity contribution in [2.24, 2.45) is 0 Å². The van der Waals surface area contributed by atoms with Gasteiger partial charge in [0.25, 0.3) is 11.1 Å². The maximum absolute atomic E-state index is 12.0. The van der Waals surface area contributed by atoms with E-state index < -0.39 is 0 Å². The van der Waals surface area contributed by atoms with Crippen molar-refractivity contribution in [3.63, 3.8) is 0 Å². The highest BCUT2D eigenvalue weighted by Gasteiger charge is 2.34. The van der Waals surface area contributed by atoms with E-state index in [1.807, 2.05) is 11.4 Å². The number of hydrogen-bond donors (Lipinski definition) is 0. The molecule has 2 amide bonds. The van der Waals surface area contributed by atoms with Crippen molar-refractivity contribution >= 4 is 56.3 Å². The number of amides is 2. The van der Waals surface area contributed by atoms with E-state index in [1.54, 1.807) is 6.08 Å². The van der Waals surface area contributed by atoms with Gasteiger partial charge in [-0.2, -0.15) is 0 Å². The first-order valence-electron chi connectivity index (χ1n) is 5.10. The van der Waals surface area contributed by atoms with Crippen LogP contribution in [0.4, 0.5) is 4.79 Å². The van der Waals surface area contributed by atoms with Gasteiger partial charge in [-0.05, 0) is 39.8 Å². The molecule has 1 fully saturated rings. The Hall–Kier alpha value is -0.630. The van der Waals surface area contributed by atoms with Crippen molar-refractivity contribution in [3.8, 4) is 0 Å². The zero-order valence-electron chi connectivity index (χ0n) is 9.51. The highest BCUT2D eigenvalue weighted by atomic mass is 79.9. The molecule has 0 radical (unpaired) electrons. The van der Waals surface area contributed by atoms with Crippen LogP contribution < -0.4 is 0 Å². The first-order chi connectivity index (χ1) is 8.61. The van der Waals surface area contributed by atoms with Crippen molar-refractivity contribution in [2.45, 2.75) is 0 Å². The van der Waals surface area contributed by atoms with Gasteiger partial charge in [-0.1, -0.05) is 0 Å². The van der Waals surface area contributed by atoms with Gasteiger partial charge < -0.3 is 4.74 Å². The smallest absolute Gasteiger partial charge is 0.293 e. The Morgan fingerprint density at radius 2 is 2.28 bits per heavy atom. The summed E-state index contributed by atoms with van der Waals surface area (Å²) in [6.45, 7) is 0.655. The fourth-order valence-electron chi connectivity index (χ4n) is 1.41. The van der Waals surface area contributed by atoms with Gasteiger partial charge in [-0.25, -0.2) is 0 Å². The molecule has 0 atom stereocenters. The predicted molar refractivity (Wildman–Crippen MR) is 76.6 cm³/mol. The van der Waals surface area contributed by atoms with Gasteiger partial charge in [0.05, 0.1) is 18.1 Å². The Bertz CT molecular complexity index is 512. The quantitative estimate of drug-likeness (QED) is 0.784. The Labute approximate surface area is 121 Å². The number of carbonyl (C=O) groups excluding carboxylic acids is 2. The summed E-state index contributed by atoms with van der Waals surface area (Å²) in [6.07, 6.45) is 1.74. The Morgan fingerprint density at radius 3 is 2.89 bits per heavy atom. The van der Waals surface area contributed by atoms with Gasteiger partial charge in [-0.3, -0.25) is 14.5 Å². The number of rotatable bonds is 4. The van der Waals surface area contributed by atoms with Crippen molar-refractivity contribution in [1.29, 1.82) is 0 Å². The summed E-state index contributed by atoms with van der Waals surface area (Å²) in [6, 6.07) is 1.91. The molecule has 0 spiro atoms. The van der Waals surface area contributed by atoms with E-state index >= 15 is 0 Å². The summed E-state index contributed by atoms with van der Waals surface area (Å²) in [5, 5.41) is 1.69. The average Bonchev–Trinajstić information content (AvgIpc) is 2.84. The van der Waals surface area contributed by atoms with Crippen molar-refractivity contribution in [2.75, 3.05) is 20.3 Å². The lowest BCUT2D eigenvalue weighted by molar-refractivity contribution is -0.123. The van der Waals surface area contributed by atoms with Crippen molar-refractivity contribution in [1.82, 2.24) is 4.90 Å². The topological polar surface area (TPSA) is 46.6 Å². The molecule has 0 aliphatic carbocycles. The molecule has 1 aliphatic heterocycles. The number of halogens is 1. The van der Waals surface area contributed by atoms with E-state index in [0.717, 1.165) is 21.1 Å². The minimum atomic E-state index is -0.244. The summed E-state index contributed by atoms with van der Waals surface area (Å²) in [5.41, 5.74) is 0. The molecular formula is C11H10BrNO3S2. The number of nitrogens with zero attached hydrogens (tertiary/aromatic N) is 1. The van der Waals surface area contributed by atoms with E-state index in [9.17, 15) is 9.59 Å². The second-order valence-corrected chi connectivity index (χ2v) is 6.35. The number of methoxy groups -OCH3 is 1. The number of thiophene rings is 1. The fraction of sp³-hybridized carbons (Fsp3) is 0.273. The third kappa shape index (κ3) is 3.03. The second kappa shape index (κ2) is 6.01. The molecule has 0 bridgehead atoms. The molecule has 7 heteroatoms. The van der Waals surface area contributed by atoms with Crippen LogP contribution >= 0.6 is 39.0 Å². The van der Waals surface area contributed by atoms with Gasteiger partial charge in [0.2, 0.25) is 0 Å². The van der Waals surface area contributed by atoms with Crippen LogP contribution in [0.15, 0.2) is 20.8 Å². The van der Waals surface area contributed by atoms with Crippen LogP contribution in [-0.4, -0.2) is 36.3 Å². The normalized spacial score (nSPS) is 18.1. The number of imide groups is 1. The van der Waals surface area contributed by atoms with Gasteiger partial charge in [0.1, 0.15) is 0 Å². The molecule has 4 nitrogen and oxygen atoms in total. The first-order valence-corrected chi connectivity index (χ1v) is 7.59. The van der Waals surface area contributed by atoms with Gasteiger partial charge >= 0.3 is 0 Å². The molecule has 0 N–H and O–H groups in total. The van der Waals surface area contributed by atoms with Crippen LogP contribution in [-0.2, 0) is 9.53 Å². The molecule has 1 aromatic rings. The monoisotopic (exact) mass is 347 g/mol. The predicted octanol–water partition coefficient (Wildman–Crippen LogP) is 3.19. The second-order valence-electron chi connectivity index (χ2n) is 3.49. The summed E-state index contributed by atoms with van der Waals surface area (Å²) in [7, 11) is 1.54. The lowest BCUT2D eigenvalue weighted by Gasteiger charge is -2.10. The fourth-order valence-corrected chi connectivity index (χ4v) is 3.72. The van der Waals surface area contributed by atoms with E-state index in [-0.39, 0.29) is 11.1 Å². The molecule has 0 saturated carbocycles. The van der Waals surface area contributed by atoms with Crippen LogP contribution in [0.1, 0.15) is 4.88 Å². The van der Waals surface area contributed by atoms with Crippen LogP contribution in [0.5, 0.6) is 0 Å². The maximum atomic E-state index is 12.0. The van der Waals surface area contributed by atoms with Gasteiger partial charge in [-0.15, -0.1) is 11.3 Å². The van der Waals surface area contributed by atoms with Crippen LogP contribution in [0, 0.1) is 0 Å². The van der Waals surface area contributed by atoms with E-state index in [1.165, 1.54) is 23.3 Å². The highest BCUT2D eigenvalue weighted by Crippen LogP contribution is 2.33. The molecule has 1 saturated heterocycles. The SMILES string of the molecule is COCCN1C(=O)S/C(=C/c2cc(Br)cs2)C1=O. The molecule has 0 aromatic carbocycles. The van der Waals surface area contributed by atoms with E-state index in [2.05, 4.69) is 15.9 Å². The number of ether oxygens (including phenoxy) is 1. The molecule has 96 valence electrons. The Balaban J connectivity index is 2.14. The molecule has 2 rings (SSSR count). The van der Waals surface area contributed by atoms with Crippen LogP contribution in [0.25, 0.3) is 6.08 Å². The zero-order chi connectivity index (χ0) is 13.1. The van der Waals surface area contributed by atoms with Gasteiger partial charge in [0, 0.05) is 21.8 Å². The Morgan fingerprint density at radius 1 is 1.50 bits per heavy atom. The maximum Gasteiger partial charge on any atom is 0.293 e. The molecule has 2 heterocycles. The standard InChI is InChI=1S/C11H10BrNO3S2/c1-16-3-2-13-10(14)9(18-11(13)15)5-8-4-7(12)6-17-8/h4-6H,2-3H2,1H3/b9-5+. The van der Waals surface area contributed by atoms with E-state index in [0.29, 0.717) is 18.1 Å². The largest absolute Gasteiger partial charge is 0.383 e. The summed E-state index contributed by atoms with van der Waals surface area (Å²) >= 11 is 5.84. The summed E-state index contributed by atoms with van der Waals surface area (Å²) in [5.74, 6) is -0.244. The first kappa shape index (κ1) is 13.8. The van der Waals surface area contributed by atoms with E-state index in [4.69, 9.17) is 4.74 Å².